The number of nitrogens with one attached hydrogen (secondary N) is 1. The number of hydrogen-bond acceptors (Lipinski definition) is 6. The number of carbonyl (C=O) groups is 1. The van der Waals surface area contributed by atoms with Gasteiger partial charge < -0.3 is 20.7 Å². The van der Waals surface area contributed by atoms with E-state index in [-0.39, 0.29) is 31.2 Å². The number of aromatic nitrogens is 2. The highest BCUT2D eigenvalue weighted by molar-refractivity contribution is 5.91. The third-order valence-corrected chi connectivity index (χ3v) is 5.59. The summed E-state index contributed by atoms with van der Waals surface area (Å²) in [6.07, 6.45) is 2.98. The van der Waals surface area contributed by atoms with Crippen molar-refractivity contribution in [3.63, 3.8) is 0 Å². The van der Waals surface area contributed by atoms with Crippen LogP contribution < -0.4 is 27.2 Å². The molecule has 1 aliphatic heterocycles. The lowest BCUT2D eigenvalue weighted by atomic mass is 10.1. The van der Waals surface area contributed by atoms with Gasteiger partial charge in [-0.25, -0.2) is 9.36 Å². The molecule has 2 aromatic rings. The minimum absolute atomic E-state index is 0.125. The summed E-state index contributed by atoms with van der Waals surface area (Å²) in [6, 6.07) is 5.66. The van der Waals surface area contributed by atoms with Gasteiger partial charge in [0.05, 0.1) is 13.2 Å². The SMILES string of the molecule is COCCn1c(N)c(N2CCCCC2)c(=O)n(CC(=O)Nc2ccc(C)cc2C)c1=O. The van der Waals surface area contributed by atoms with Crippen molar-refractivity contribution in [3.05, 3.63) is 50.2 Å². The fourth-order valence-corrected chi connectivity index (χ4v) is 3.94. The van der Waals surface area contributed by atoms with Crippen LogP contribution >= 0.6 is 0 Å². The number of nitrogen functional groups attached to an aromatic ring is 1. The first-order valence-electron chi connectivity index (χ1n) is 10.6. The van der Waals surface area contributed by atoms with E-state index in [2.05, 4.69) is 5.32 Å². The number of methoxy groups -OCH3 is 1. The first-order valence-corrected chi connectivity index (χ1v) is 10.6. The molecule has 9 nitrogen and oxygen atoms in total. The first-order chi connectivity index (χ1) is 14.8. The van der Waals surface area contributed by atoms with E-state index in [9.17, 15) is 14.4 Å². The minimum Gasteiger partial charge on any atom is -0.383 e. The van der Waals surface area contributed by atoms with Crippen molar-refractivity contribution >= 4 is 23.1 Å². The number of hydrogen-bond donors (Lipinski definition) is 2. The van der Waals surface area contributed by atoms with Gasteiger partial charge in [-0.05, 0) is 44.7 Å². The zero-order valence-corrected chi connectivity index (χ0v) is 18.4. The molecule has 0 saturated carbocycles. The number of benzene rings is 1. The summed E-state index contributed by atoms with van der Waals surface area (Å²) >= 11 is 0. The van der Waals surface area contributed by atoms with Gasteiger partial charge in [0, 0.05) is 25.9 Å². The second-order valence-corrected chi connectivity index (χ2v) is 7.97. The van der Waals surface area contributed by atoms with Gasteiger partial charge in [0.2, 0.25) is 5.91 Å². The van der Waals surface area contributed by atoms with Crippen molar-refractivity contribution < 1.29 is 9.53 Å². The van der Waals surface area contributed by atoms with E-state index in [0.29, 0.717) is 18.8 Å². The molecule has 2 heterocycles. The van der Waals surface area contributed by atoms with Crippen molar-refractivity contribution in [2.75, 3.05) is 42.8 Å². The maximum absolute atomic E-state index is 13.3. The predicted molar refractivity (Wildman–Crippen MR) is 122 cm³/mol. The van der Waals surface area contributed by atoms with E-state index < -0.39 is 17.2 Å². The summed E-state index contributed by atoms with van der Waals surface area (Å²) in [6.45, 7) is 5.31. The summed E-state index contributed by atoms with van der Waals surface area (Å²) in [5, 5.41) is 2.80. The van der Waals surface area contributed by atoms with Crippen LogP contribution in [0.25, 0.3) is 0 Å². The first kappa shape index (κ1) is 22.6. The average Bonchev–Trinajstić information content (AvgIpc) is 2.74. The Hall–Kier alpha value is -3.07. The van der Waals surface area contributed by atoms with E-state index in [4.69, 9.17) is 10.5 Å². The molecular weight excluding hydrogens is 398 g/mol. The number of nitrogens with zero attached hydrogens (tertiary/aromatic N) is 3. The van der Waals surface area contributed by atoms with Crippen molar-refractivity contribution in [2.45, 2.75) is 46.2 Å². The number of ether oxygens (including phenoxy) is 1. The van der Waals surface area contributed by atoms with E-state index in [0.717, 1.165) is 35.0 Å². The van der Waals surface area contributed by atoms with Crippen LogP contribution in [0.3, 0.4) is 0 Å². The number of amides is 1. The molecule has 0 radical (unpaired) electrons. The number of aryl methyl sites for hydroxylation is 2. The van der Waals surface area contributed by atoms with E-state index >= 15 is 0 Å². The van der Waals surface area contributed by atoms with E-state index in [1.165, 1.54) is 11.7 Å². The molecule has 0 unspecified atom stereocenters. The maximum atomic E-state index is 13.3. The van der Waals surface area contributed by atoms with Gasteiger partial charge in [-0.15, -0.1) is 0 Å². The molecule has 9 heteroatoms. The highest BCUT2D eigenvalue weighted by Gasteiger charge is 2.24. The standard InChI is InChI=1S/C22H31N5O4/c1-15-7-8-17(16(2)13-15)24-18(28)14-27-21(29)19(25-9-5-4-6-10-25)20(23)26(22(27)30)11-12-31-3/h7-8,13H,4-6,9-12,14,23H2,1-3H3,(H,24,28). The van der Waals surface area contributed by atoms with Crippen LogP contribution in [-0.4, -0.2) is 41.8 Å². The van der Waals surface area contributed by atoms with Crippen LogP contribution in [0.2, 0.25) is 0 Å². The van der Waals surface area contributed by atoms with E-state index in [1.807, 2.05) is 36.9 Å². The molecule has 31 heavy (non-hydrogen) atoms. The largest absolute Gasteiger partial charge is 0.383 e. The quantitative estimate of drug-likeness (QED) is 0.690. The van der Waals surface area contributed by atoms with Crippen LogP contribution in [0.4, 0.5) is 17.2 Å². The van der Waals surface area contributed by atoms with Crippen LogP contribution in [0, 0.1) is 13.8 Å². The Morgan fingerprint density at radius 1 is 1.13 bits per heavy atom. The zero-order chi connectivity index (χ0) is 22.5. The topological polar surface area (TPSA) is 112 Å². The molecule has 1 aromatic carbocycles. The van der Waals surface area contributed by atoms with Crippen LogP contribution in [0.15, 0.2) is 27.8 Å². The highest BCUT2D eigenvalue weighted by Crippen LogP contribution is 2.21. The number of anilines is 3. The minimum atomic E-state index is -0.615. The van der Waals surface area contributed by atoms with Crippen LogP contribution in [0.1, 0.15) is 30.4 Å². The van der Waals surface area contributed by atoms with Crippen molar-refractivity contribution in [2.24, 2.45) is 0 Å². The van der Waals surface area contributed by atoms with Crippen LogP contribution in [0.5, 0.6) is 0 Å². The lowest BCUT2D eigenvalue weighted by Crippen LogP contribution is -2.47. The van der Waals surface area contributed by atoms with Gasteiger partial charge in [-0.3, -0.25) is 14.2 Å². The van der Waals surface area contributed by atoms with Gasteiger partial charge >= 0.3 is 5.69 Å². The molecule has 1 aliphatic rings. The van der Waals surface area contributed by atoms with Gasteiger partial charge in [-0.1, -0.05) is 17.7 Å². The monoisotopic (exact) mass is 429 g/mol. The van der Waals surface area contributed by atoms with Crippen molar-refractivity contribution in [1.29, 1.82) is 0 Å². The second kappa shape index (κ2) is 9.82. The molecule has 0 aliphatic carbocycles. The maximum Gasteiger partial charge on any atom is 0.333 e. The lowest BCUT2D eigenvalue weighted by molar-refractivity contribution is -0.116. The number of carbonyl (C=O) groups excluding carboxylic acids is 1. The Bertz CT molecular complexity index is 1070. The normalized spacial score (nSPS) is 14.0. The molecule has 3 N–H and O–H groups in total. The van der Waals surface area contributed by atoms with Gasteiger partial charge in [-0.2, -0.15) is 0 Å². The van der Waals surface area contributed by atoms with Crippen molar-refractivity contribution in [3.8, 4) is 0 Å². The summed E-state index contributed by atoms with van der Waals surface area (Å²) in [4.78, 5) is 40.9. The second-order valence-electron chi connectivity index (χ2n) is 7.97. The Balaban J connectivity index is 1.98. The van der Waals surface area contributed by atoms with Gasteiger partial charge in [0.1, 0.15) is 18.1 Å². The number of rotatable bonds is 7. The third-order valence-electron chi connectivity index (χ3n) is 5.59. The Morgan fingerprint density at radius 3 is 2.48 bits per heavy atom. The molecule has 1 saturated heterocycles. The summed E-state index contributed by atoms with van der Waals surface area (Å²) in [5.74, 6) is -0.321. The molecular formula is C22H31N5O4. The smallest absolute Gasteiger partial charge is 0.333 e. The van der Waals surface area contributed by atoms with E-state index in [1.54, 1.807) is 0 Å². The molecule has 1 fully saturated rings. The van der Waals surface area contributed by atoms with Gasteiger partial charge in [0.25, 0.3) is 5.56 Å². The fourth-order valence-electron chi connectivity index (χ4n) is 3.94. The average molecular weight is 430 g/mol. The number of nitrogens with two attached hydrogens (primary N) is 1. The summed E-state index contributed by atoms with van der Waals surface area (Å²) in [7, 11) is 1.53. The molecule has 0 atom stereocenters. The predicted octanol–water partition coefficient (Wildman–Crippen LogP) is 1.48. The van der Waals surface area contributed by atoms with Crippen molar-refractivity contribution in [1.82, 2.24) is 9.13 Å². The molecule has 0 spiro atoms. The Kier molecular flexibility index (Phi) is 7.17. The fraction of sp³-hybridized carbons (Fsp3) is 0.500. The molecule has 0 bridgehead atoms. The Morgan fingerprint density at radius 2 is 1.84 bits per heavy atom. The van der Waals surface area contributed by atoms with Crippen LogP contribution in [-0.2, 0) is 22.6 Å². The summed E-state index contributed by atoms with van der Waals surface area (Å²) in [5.41, 5.74) is 8.04. The Labute approximate surface area is 181 Å². The third kappa shape index (κ3) is 4.99. The molecule has 168 valence electrons. The number of piperidine rings is 1. The highest BCUT2D eigenvalue weighted by atomic mass is 16.5. The lowest BCUT2D eigenvalue weighted by Gasteiger charge is -2.30. The molecule has 3 rings (SSSR count). The molecule has 1 amide bonds. The molecule has 1 aromatic heterocycles. The van der Waals surface area contributed by atoms with Gasteiger partial charge in [0.15, 0.2) is 0 Å². The summed E-state index contributed by atoms with van der Waals surface area (Å²) < 4.78 is 7.38. The zero-order valence-electron chi connectivity index (χ0n) is 18.4.